The van der Waals surface area contributed by atoms with Gasteiger partial charge in [0, 0.05) is 17.3 Å². The number of carbonyl (C=O) groups excluding carboxylic acids is 1. The van der Waals surface area contributed by atoms with E-state index in [1.54, 1.807) is 54.6 Å². The van der Waals surface area contributed by atoms with Crippen LogP contribution >= 0.6 is 0 Å². The number of nitrogens with one attached hydrogen (secondary N) is 1. The summed E-state index contributed by atoms with van der Waals surface area (Å²) in [6.45, 7) is 4.83. The zero-order valence-electron chi connectivity index (χ0n) is 19.6. The van der Waals surface area contributed by atoms with Gasteiger partial charge in [0.15, 0.2) is 11.5 Å². The Hall–Kier alpha value is -4.75. The third kappa shape index (κ3) is 6.86. The summed E-state index contributed by atoms with van der Waals surface area (Å²) in [7, 11) is 0. The molecular weight excluding hydrogens is 442 g/mol. The smallest absolute Gasteiger partial charge is 0.266 e. The van der Waals surface area contributed by atoms with Crippen LogP contribution in [0.4, 0.5) is 5.69 Å². The van der Waals surface area contributed by atoms with E-state index in [0.717, 1.165) is 5.56 Å². The summed E-state index contributed by atoms with van der Waals surface area (Å²) in [6, 6.07) is 23.4. The van der Waals surface area contributed by atoms with Gasteiger partial charge in [0.05, 0.1) is 24.8 Å². The molecular formula is C28H25N3O4. The Morgan fingerprint density at radius 1 is 0.914 bits per heavy atom. The maximum atomic E-state index is 12.7. The first-order valence-electron chi connectivity index (χ1n) is 11.1. The van der Waals surface area contributed by atoms with E-state index in [2.05, 4.69) is 11.4 Å². The summed E-state index contributed by atoms with van der Waals surface area (Å²) in [5.74, 6) is 1.06. The van der Waals surface area contributed by atoms with Crippen molar-refractivity contribution in [3.8, 4) is 29.4 Å². The molecule has 0 aromatic heterocycles. The average molecular weight is 468 g/mol. The minimum Gasteiger partial charge on any atom is -0.494 e. The van der Waals surface area contributed by atoms with E-state index in [4.69, 9.17) is 14.2 Å². The molecule has 0 fully saturated rings. The highest BCUT2D eigenvalue weighted by Gasteiger charge is 2.13. The van der Waals surface area contributed by atoms with Crippen LogP contribution in [-0.4, -0.2) is 19.1 Å². The average Bonchev–Trinajstić information content (AvgIpc) is 2.87. The zero-order chi connectivity index (χ0) is 25.0. The summed E-state index contributed by atoms with van der Waals surface area (Å²) in [5.41, 5.74) is 2.37. The molecule has 0 saturated heterocycles. The Labute approximate surface area is 204 Å². The number of hydrogen-bond acceptors (Lipinski definition) is 6. The van der Waals surface area contributed by atoms with Crippen LogP contribution in [0, 0.1) is 22.7 Å². The highest BCUT2D eigenvalue weighted by Crippen LogP contribution is 2.30. The molecule has 0 atom stereocenters. The van der Waals surface area contributed by atoms with Gasteiger partial charge in [0.25, 0.3) is 5.91 Å². The van der Waals surface area contributed by atoms with E-state index >= 15 is 0 Å². The molecule has 0 aliphatic carbocycles. The SMILES string of the molecule is CCOc1cccc(NC(=O)/C(C#N)=C\c2ccc(OCc3ccccc3C#N)c(OCC)c2)c1. The first kappa shape index (κ1) is 24.9. The Morgan fingerprint density at radius 2 is 1.71 bits per heavy atom. The molecule has 0 unspecified atom stereocenters. The van der Waals surface area contributed by atoms with Gasteiger partial charge in [-0.3, -0.25) is 4.79 Å². The molecule has 0 saturated carbocycles. The Bertz CT molecular complexity index is 1300. The van der Waals surface area contributed by atoms with Gasteiger partial charge >= 0.3 is 0 Å². The lowest BCUT2D eigenvalue weighted by Gasteiger charge is -2.13. The second kappa shape index (κ2) is 12.5. The fraction of sp³-hybridized carbons (Fsp3) is 0.179. The molecule has 0 aliphatic heterocycles. The van der Waals surface area contributed by atoms with Gasteiger partial charge in [-0.1, -0.05) is 30.3 Å². The minimum absolute atomic E-state index is 0.0640. The van der Waals surface area contributed by atoms with E-state index < -0.39 is 5.91 Å². The maximum absolute atomic E-state index is 12.7. The van der Waals surface area contributed by atoms with Crippen molar-refractivity contribution in [2.45, 2.75) is 20.5 Å². The normalized spacial score (nSPS) is 10.6. The predicted molar refractivity (Wildman–Crippen MR) is 133 cm³/mol. The summed E-state index contributed by atoms with van der Waals surface area (Å²) < 4.78 is 17.1. The van der Waals surface area contributed by atoms with E-state index in [9.17, 15) is 15.3 Å². The van der Waals surface area contributed by atoms with Gasteiger partial charge < -0.3 is 19.5 Å². The van der Waals surface area contributed by atoms with Crippen molar-refractivity contribution in [3.05, 3.63) is 89.0 Å². The number of nitrogens with zero attached hydrogens (tertiary/aromatic N) is 2. The highest BCUT2D eigenvalue weighted by atomic mass is 16.5. The fourth-order valence-electron chi connectivity index (χ4n) is 3.26. The summed E-state index contributed by atoms with van der Waals surface area (Å²) in [4.78, 5) is 12.7. The Balaban J connectivity index is 1.78. The minimum atomic E-state index is -0.535. The Morgan fingerprint density at radius 3 is 2.46 bits per heavy atom. The van der Waals surface area contributed by atoms with E-state index in [0.29, 0.717) is 47.3 Å². The van der Waals surface area contributed by atoms with Crippen LogP contribution < -0.4 is 19.5 Å². The lowest BCUT2D eigenvalue weighted by atomic mass is 10.1. The highest BCUT2D eigenvalue weighted by molar-refractivity contribution is 6.09. The quantitative estimate of drug-likeness (QED) is 0.313. The van der Waals surface area contributed by atoms with E-state index in [1.165, 1.54) is 6.08 Å². The Kier molecular flexibility index (Phi) is 8.87. The molecule has 176 valence electrons. The van der Waals surface area contributed by atoms with Gasteiger partial charge in [-0.25, -0.2) is 0 Å². The molecule has 0 radical (unpaired) electrons. The molecule has 3 rings (SSSR count). The summed E-state index contributed by atoms with van der Waals surface area (Å²) in [6.07, 6.45) is 1.49. The van der Waals surface area contributed by atoms with Crippen molar-refractivity contribution in [3.63, 3.8) is 0 Å². The lowest BCUT2D eigenvalue weighted by Crippen LogP contribution is -2.13. The van der Waals surface area contributed by atoms with Gasteiger partial charge in [0.2, 0.25) is 0 Å². The van der Waals surface area contributed by atoms with Crippen molar-refractivity contribution < 1.29 is 19.0 Å². The standard InChI is InChI=1S/C28H25N3O4/c1-3-33-25-11-7-10-24(16-25)31-28(32)23(18-30)14-20-12-13-26(27(15-20)34-4-2)35-19-22-9-6-5-8-21(22)17-29/h5-16H,3-4,19H2,1-2H3,(H,31,32)/b23-14-. The molecule has 1 amide bonds. The van der Waals surface area contributed by atoms with Crippen molar-refractivity contribution in [2.24, 2.45) is 0 Å². The molecule has 0 bridgehead atoms. The van der Waals surface area contributed by atoms with Gasteiger partial charge in [-0.15, -0.1) is 0 Å². The summed E-state index contributed by atoms with van der Waals surface area (Å²) >= 11 is 0. The molecule has 3 aromatic carbocycles. The van der Waals surface area contributed by atoms with Crippen LogP contribution in [0.5, 0.6) is 17.2 Å². The zero-order valence-corrected chi connectivity index (χ0v) is 19.6. The van der Waals surface area contributed by atoms with Gasteiger partial charge in [-0.2, -0.15) is 10.5 Å². The number of benzene rings is 3. The number of ether oxygens (including phenoxy) is 3. The second-order valence-corrected chi connectivity index (χ2v) is 7.28. The van der Waals surface area contributed by atoms with Crippen molar-refractivity contribution >= 4 is 17.7 Å². The molecule has 7 heteroatoms. The number of anilines is 1. The van der Waals surface area contributed by atoms with E-state index in [-0.39, 0.29) is 12.2 Å². The molecule has 0 aliphatic rings. The molecule has 1 N–H and O–H groups in total. The molecule has 0 heterocycles. The van der Waals surface area contributed by atoms with E-state index in [1.807, 2.05) is 32.0 Å². The van der Waals surface area contributed by atoms with Gasteiger partial charge in [0.1, 0.15) is 24.0 Å². The number of nitriles is 2. The van der Waals surface area contributed by atoms with Crippen LogP contribution in [-0.2, 0) is 11.4 Å². The molecule has 35 heavy (non-hydrogen) atoms. The van der Waals surface area contributed by atoms with Crippen molar-refractivity contribution in [2.75, 3.05) is 18.5 Å². The molecule has 3 aromatic rings. The topological polar surface area (TPSA) is 104 Å². The largest absolute Gasteiger partial charge is 0.494 e. The first-order chi connectivity index (χ1) is 17.1. The van der Waals surface area contributed by atoms with Crippen molar-refractivity contribution in [1.29, 1.82) is 10.5 Å². The predicted octanol–water partition coefficient (Wildman–Crippen LogP) is 5.48. The maximum Gasteiger partial charge on any atom is 0.266 e. The number of carbonyl (C=O) groups is 1. The van der Waals surface area contributed by atoms with Crippen LogP contribution in [0.1, 0.15) is 30.5 Å². The molecule has 7 nitrogen and oxygen atoms in total. The first-order valence-corrected chi connectivity index (χ1v) is 11.1. The number of rotatable bonds is 10. The van der Waals surface area contributed by atoms with Crippen LogP contribution in [0.25, 0.3) is 6.08 Å². The number of hydrogen-bond donors (Lipinski definition) is 1. The number of amides is 1. The lowest BCUT2D eigenvalue weighted by molar-refractivity contribution is -0.112. The van der Waals surface area contributed by atoms with Crippen molar-refractivity contribution in [1.82, 2.24) is 0 Å². The van der Waals surface area contributed by atoms with Crippen LogP contribution in [0.3, 0.4) is 0 Å². The summed E-state index contributed by atoms with van der Waals surface area (Å²) in [5, 5.41) is 21.6. The second-order valence-electron chi connectivity index (χ2n) is 7.28. The van der Waals surface area contributed by atoms with Crippen LogP contribution in [0.2, 0.25) is 0 Å². The monoisotopic (exact) mass is 467 g/mol. The third-order valence-electron chi connectivity index (χ3n) is 4.87. The third-order valence-corrected chi connectivity index (χ3v) is 4.87. The fourth-order valence-corrected chi connectivity index (χ4v) is 3.26. The van der Waals surface area contributed by atoms with Crippen LogP contribution in [0.15, 0.2) is 72.3 Å². The molecule has 0 spiro atoms. The van der Waals surface area contributed by atoms with Gasteiger partial charge in [-0.05, 0) is 55.8 Å².